The van der Waals surface area contributed by atoms with E-state index >= 15 is 0 Å². The second-order valence-electron chi connectivity index (χ2n) is 14.1. The van der Waals surface area contributed by atoms with Crippen LogP contribution < -0.4 is 36.5 Å². The van der Waals surface area contributed by atoms with E-state index in [4.69, 9.17) is 8.39 Å². The van der Waals surface area contributed by atoms with Gasteiger partial charge < -0.3 is 8.39 Å². The number of benzene rings is 8. The van der Waals surface area contributed by atoms with Gasteiger partial charge in [0.1, 0.15) is 0 Å². The Morgan fingerprint density at radius 1 is 0.400 bits per heavy atom. The average molecular weight is 768 g/mol. The molecular formula is C49H40NO2P3. The molecule has 268 valence electrons. The summed E-state index contributed by atoms with van der Waals surface area (Å²) in [4.78, 5) is 0. The molecule has 0 atom stereocenters. The van der Waals surface area contributed by atoms with E-state index in [0.717, 1.165) is 47.9 Å². The lowest BCUT2D eigenvalue weighted by Gasteiger charge is -2.24. The molecule has 1 aliphatic heterocycles. The van der Waals surface area contributed by atoms with Gasteiger partial charge in [0.2, 0.25) is 0 Å². The van der Waals surface area contributed by atoms with Gasteiger partial charge in [0, 0.05) is 34.5 Å². The van der Waals surface area contributed by atoms with Crippen molar-refractivity contribution in [2.45, 2.75) is 19.3 Å². The minimum absolute atomic E-state index is 0.957. The molecule has 3 nitrogen and oxygen atoms in total. The normalized spacial score (nSPS) is 13.7. The van der Waals surface area contributed by atoms with Crippen molar-refractivity contribution in [3.63, 3.8) is 0 Å². The molecule has 2 heterocycles. The molecule has 1 saturated heterocycles. The Kier molecular flexibility index (Phi) is 9.57. The molecule has 9 aromatic rings. The van der Waals surface area contributed by atoms with Crippen LogP contribution in [0.25, 0.3) is 43.5 Å². The van der Waals surface area contributed by atoms with Gasteiger partial charge in [-0.15, -0.1) is 0 Å². The Morgan fingerprint density at radius 2 is 0.745 bits per heavy atom. The molecule has 1 aliphatic rings. The lowest BCUT2D eigenvalue weighted by molar-refractivity contribution is 0.560. The summed E-state index contributed by atoms with van der Waals surface area (Å²) in [6, 6.07) is 66.7. The van der Waals surface area contributed by atoms with Crippen LogP contribution in [0.5, 0.6) is 0 Å². The van der Waals surface area contributed by atoms with E-state index in [2.05, 4.69) is 187 Å². The minimum Gasteiger partial charge on any atom is -0.407 e. The van der Waals surface area contributed by atoms with Crippen molar-refractivity contribution >= 4 is 99.3 Å². The monoisotopic (exact) mass is 767 g/mol. The second kappa shape index (κ2) is 15.3. The zero-order valence-corrected chi connectivity index (χ0v) is 33.1. The maximum atomic E-state index is 7.63. The van der Waals surface area contributed by atoms with Gasteiger partial charge in [-0.05, 0) is 83.6 Å². The molecule has 0 aliphatic carbocycles. The number of rotatable bonds is 7. The van der Waals surface area contributed by atoms with Crippen LogP contribution in [-0.4, -0.2) is 13.1 Å². The van der Waals surface area contributed by atoms with E-state index in [0.29, 0.717) is 0 Å². The lowest BCUT2D eigenvalue weighted by atomic mass is 9.98. The van der Waals surface area contributed by atoms with Crippen LogP contribution in [0, 0.1) is 0 Å². The molecule has 0 saturated carbocycles. The molecule has 0 radical (unpaired) electrons. The standard InChI is InChI=1S/C49H40NO2P3/c1-6-22-38(23-7-1)53(39-24-8-2-9-25-39)44-34-36-20-14-16-30-42(36)46-47-43-31-17-15-21-37(43)35-45(49(47)52-55(51-48(44)46)50-32-18-5-19-33-50)54(40-26-10-3-11-27-40)41-28-12-4-13-29-41/h1-4,6-17,20-31,34-35H,5,18-19,32-33H2. The van der Waals surface area contributed by atoms with Gasteiger partial charge >= 0.3 is 8.16 Å². The van der Waals surface area contributed by atoms with Gasteiger partial charge in [0.05, 0.1) is 0 Å². The quantitative estimate of drug-likeness (QED) is 0.151. The van der Waals surface area contributed by atoms with Crippen LogP contribution in [-0.2, 0) is 0 Å². The molecule has 6 heteroatoms. The summed E-state index contributed by atoms with van der Waals surface area (Å²) in [5.41, 5.74) is 1.91. The SMILES string of the molecule is c1ccc(P(c2ccccc2)c2cc3ccccc3c3c2op(N2CCCCC2)oc2c(P(c4ccccc4)c4ccccc4)cc4ccccc4c23)cc1. The fourth-order valence-corrected chi connectivity index (χ4v) is 14.7. The van der Waals surface area contributed by atoms with Crippen LogP contribution in [0.4, 0.5) is 0 Å². The molecule has 0 spiro atoms. The number of piperidine rings is 1. The molecule has 0 N–H and O–H groups in total. The first-order valence-corrected chi connectivity index (χ1v) is 23.0. The third-order valence-electron chi connectivity index (χ3n) is 10.7. The number of nitrogens with zero attached hydrogens (tertiary/aromatic N) is 1. The van der Waals surface area contributed by atoms with Crippen molar-refractivity contribution in [3.8, 4) is 0 Å². The van der Waals surface area contributed by atoms with E-state index in [9.17, 15) is 0 Å². The van der Waals surface area contributed by atoms with Crippen molar-refractivity contribution in [3.05, 3.63) is 182 Å². The number of hydrogen-bond donors (Lipinski definition) is 0. The van der Waals surface area contributed by atoms with Crippen molar-refractivity contribution in [2.24, 2.45) is 0 Å². The molecule has 1 fully saturated rings. The molecule has 0 bridgehead atoms. The Balaban J connectivity index is 1.44. The van der Waals surface area contributed by atoms with Gasteiger partial charge in [-0.1, -0.05) is 176 Å². The fraction of sp³-hybridized carbons (Fsp3) is 0.102. The molecule has 8 aromatic carbocycles. The minimum atomic E-state index is -1.50. The van der Waals surface area contributed by atoms with Crippen LogP contribution in [0.2, 0.25) is 0 Å². The molecule has 55 heavy (non-hydrogen) atoms. The van der Waals surface area contributed by atoms with E-state index in [1.54, 1.807) is 0 Å². The van der Waals surface area contributed by atoms with Crippen LogP contribution in [0.3, 0.4) is 0 Å². The van der Waals surface area contributed by atoms with E-state index in [1.165, 1.54) is 59.8 Å². The van der Waals surface area contributed by atoms with Gasteiger partial charge in [-0.2, -0.15) is 0 Å². The molecule has 0 amide bonds. The summed E-state index contributed by atoms with van der Waals surface area (Å²) in [5, 5.41) is 14.7. The lowest BCUT2D eigenvalue weighted by Crippen LogP contribution is -2.26. The van der Waals surface area contributed by atoms with Gasteiger partial charge in [-0.3, -0.25) is 0 Å². The average Bonchev–Trinajstić information content (AvgIpc) is 3.45. The Morgan fingerprint density at radius 3 is 1.13 bits per heavy atom. The summed E-state index contributed by atoms with van der Waals surface area (Å²) in [5.74, 6) is 0. The van der Waals surface area contributed by atoms with Crippen molar-refractivity contribution in [1.82, 2.24) is 0 Å². The second-order valence-corrected chi connectivity index (χ2v) is 19.9. The summed E-state index contributed by atoms with van der Waals surface area (Å²) >= 11 is 0. The van der Waals surface area contributed by atoms with Crippen molar-refractivity contribution < 1.29 is 8.39 Å². The third-order valence-corrected chi connectivity index (χ3v) is 17.1. The molecule has 0 unspecified atom stereocenters. The first kappa shape index (κ1) is 34.5. The highest BCUT2D eigenvalue weighted by molar-refractivity contribution is 7.80. The maximum absolute atomic E-state index is 7.63. The highest BCUT2D eigenvalue weighted by atomic mass is 31.1. The van der Waals surface area contributed by atoms with Gasteiger partial charge in [0.25, 0.3) is 0 Å². The van der Waals surface area contributed by atoms with E-state index < -0.39 is 24.0 Å². The van der Waals surface area contributed by atoms with Crippen LogP contribution in [0.15, 0.2) is 190 Å². The fourth-order valence-electron chi connectivity index (χ4n) is 8.13. The molecule has 1 aromatic heterocycles. The van der Waals surface area contributed by atoms with Crippen LogP contribution >= 0.6 is 24.0 Å². The summed E-state index contributed by atoms with van der Waals surface area (Å²) in [6.07, 6.45) is 3.52. The Hall–Kier alpha value is -5.00. The third kappa shape index (κ3) is 6.50. The first-order valence-electron chi connectivity index (χ1n) is 19.1. The molecule has 10 rings (SSSR count). The summed E-state index contributed by atoms with van der Waals surface area (Å²) in [7, 11) is -3.49. The number of hydrogen-bond acceptors (Lipinski definition) is 3. The smallest absolute Gasteiger partial charge is 0.309 e. The molecular weight excluding hydrogens is 727 g/mol. The van der Waals surface area contributed by atoms with Crippen molar-refractivity contribution in [1.29, 1.82) is 0 Å². The largest absolute Gasteiger partial charge is 0.407 e. The maximum Gasteiger partial charge on any atom is 0.309 e. The topological polar surface area (TPSA) is 29.5 Å². The van der Waals surface area contributed by atoms with Crippen molar-refractivity contribution in [2.75, 3.05) is 17.8 Å². The van der Waals surface area contributed by atoms with E-state index in [1.807, 2.05) is 0 Å². The Bertz CT molecular complexity index is 2540. The predicted octanol–water partition coefficient (Wildman–Crippen LogP) is 11.2. The highest BCUT2D eigenvalue weighted by Crippen LogP contribution is 2.48. The van der Waals surface area contributed by atoms with Gasteiger partial charge in [-0.25, -0.2) is 4.67 Å². The Labute approximate surface area is 325 Å². The zero-order valence-electron chi connectivity index (χ0n) is 30.5. The number of fused-ring (bicyclic) bond motifs is 7. The zero-order chi connectivity index (χ0) is 36.6. The predicted molar refractivity (Wildman–Crippen MR) is 241 cm³/mol. The van der Waals surface area contributed by atoms with Gasteiger partial charge in [0.15, 0.2) is 11.2 Å². The van der Waals surface area contributed by atoms with E-state index in [-0.39, 0.29) is 0 Å². The first-order chi connectivity index (χ1) is 27.3. The highest BCUT2D eigenvalue weighted by Gasteiger charge is 2.29. The summed E-state index contributed by atoms with van der Waals surface area (Å²) < 4.78 is 17.8. The van der Waals surface area contributed by atoms with Crippen LogP contribution in [0.1, 0.15) is 19.3 Å². The summed E-state index contributed by atoms with van der Waals surface area (Å²) in [6.45, 7) is 1.92.